The molecule has 0 bridgehead atoms. The van der Waals surface area contributed by atoms with Gasteiger partial charge in [0.05, 0.1) is 12.3 Å². The molecule has 2 atom stereocenters. The van der Waals surface area contributed by atoms with Gasteiger partial charge in [-0.05, 0) is 19.8 Å². The molecule has 1 aliphatic rings. The molecule has 136 valence electrons. The van der Waals surface area contributed by atoms with Crippen LogP contribution < -0.4 is 10.6 Å². The third kappa shape index (κ3) is 8.99. The zero-order valence-electron chi connectivity index (χ0n) is 13.7. The first-order valence-corrected chi connectivity index (χ1v) is 9.51. The van der Waals surface area contributed by atoms with E-state index < -0.39 is 22.6 Å². The molecular weight excluding hydrogens is 333 g/mol. The largest absolute Gasteiger partial charge is 0.401 e. The summed E-state index contributed by atoms with van der Waals surface area (Å²) in [5, 5.41) is 6.15. The van der Waals surface area contributed by atoms with E-state index in [4.69, 9.17) is 0 Å². The maximum absolute atomic E-state index is 12.4. The lowest BCUT2D eigenvalue weighted by Crippen LogP contribution is -2.48. The van der Waals surface area contributed by atoms with E-state index in [1.165, 1.54) is 11.2 Å². The Balaban J connectivity index is 2.40. The van der Waals surface area contributed by atoms with Crippen LogP contribution in [0.1, 0.15) is 19.8 Å². The van der Waals surface area contributed by atoms with E-state index in [1.807, 2.05) is 6.92 Å². The second-order valence-corrected chi connectivity index (χ2v) is 8.28. The van der Waals surface area contributed by atoms with E-state index in [0.717, 1.165) is 0 Å². The molecule has 0 saturated carbocycles. The molecule has 0 aromatic heterocycles. The maximum Gasteiger partial charge on any atom is 0.401 e. The molecule has 0 aliphatic carbocycles. The number of guanidine groups is 1. The van der Waals surface area contributed by atoms with Gasteiger partial charge in [-0.2, -0.15) is 13.2 Å². The number of alkyl halides is 3. The number of halogens is 3. The monoisotopic (exact) mass is 358 g/mol. The fourth-order valence-electron chi connectivity index (χ4n) is 2.41. The summed E-state index contributed by atoms with van der Waals surface area (Å²) in [5.41, 5.74) is 0. The maximum atomic E-state index is 12.4. The molecule has 1 saturated heterocycles. The molecule has 0 aromatic rings. The van der Waals surface area contributed by atoms with E-state index >= 15 is 0 Å². The Morgan fingerprint density at radius 2 is 2.09 bits per heavy atom. The molecule has 0 aromatic carbocycles. The van der Waals surface area contributed by atoms with Crippen LogP contribution >= 0.6 is 0 Å². The Morgan fingerprint density at radius 3 is 2.61 bits per heavy atom. The van der Waals surface area contributed by atoms with Crippen molar-refractivity contribution in [1.82, 2.24) is 15.5 Å². The second-order valence-electron chi connectivity index (χ2n) is 6.02. The molecule has 0 spiro atoms. The number of likely N-dealkylation sites (tertiary alicyclic amines) is 1. The number of hydrogen-bond donors (Lipinski definition) is 2. The summed E-state index contributed by atoms with van der Waals surface area (Å²) in [5.74, 6) is 0.547. The smallest absolute Gasteiger partial charge is 0.354 e. The van der Waals surface area contributed by atoms with Crippen molar-refractivity contribution in [3.8, 4) is 0 Å². The topological polar surface area (TPSA) is 73.8 Å². The number of sulfone groups is 1. The Kier molecular flexibility index (Phi) is 7.12. The highest BCUT2D eigenvalue weighted by Crippen LogP contribution is 2.19. The normalized spacial score (nSPS) is 22.2. The summed E-state index contributed by atoms with van der Waals surface area (Å²) in [6.45, 7) is 1.63. The van der Waals surface area contributed by atoms with Crippen molar-refractivity contribution in [2.45, 2.75) is 38.0 Å². The summed E-state index contributed by atoms with van der Waals surface area (Å²) in [6.07, 6.45) is -1.96. The quantitative estimate of drug-likeness (QED) is 0.538. The third-order valence-corrected chi connectivity index (χ3v) is 4.52. The van der Waals surface area contributed by atoms with Crippen molar-refractivity contribution >= 4 is 15.8 Å². The van der Waals surface area contributed by atoms with Gasteiger partial charge in [-0.25, -0.2) is 8.42 Å². The minimum absolute atomic E-state index is 0.0704. The molecular formula is C13H25F3N4O2S. The van der Waals surface area contributed by atoms with E-state index in [-0.39, 0.29) is 17.8 Å². The first-order chi connectivity index (χ1) is 10.5. The zero-order valence-corrected chi connectivity index (χ0v) is 14.5. The van der Waals surface area contributed by atoms with Gasteiger partial charge in [-0.3, -0.25) is 9.89 Å². The molecule has 6 nitrogen and oxygen atoms in total. The number of rotatable bonds is 6. The first kappa shape index (κ1) is 20.0. The lowest BCUT2D eigenvalue weighted by molar-refractivity contribution is -0.143. The van der Waals surface area contributed by atoms with Crippen molar-refractivity contribution in [2.24, 2.45) is 4.99 Å². The van der Waals surface area contributed by atoms with Crippen molar-refractivity contribution in [3.63, 3.8) is 0 Å². The summed E-state index contributed by atoms with van der Waals surface area (Å²) in [6, 6.07) is -0.214. The summed E-state index contributed by atoms with van der Waals surface area (Å²) in [7, 11) is -1.45. The fraction of sp³-hybridized carbons (Fsp3) is 0.923. The van der Waals surface area contributed by atoms with Crippen LogP contribution in [0, 0.1) is 0 Å². The van der Waals surface area contributed by atoms with Crippen LogP contribution in [0.5, 0.6) is 0 Å². The molecule has 1 rings (SSSR count). The van der Waals surface area contributed by atoms with Crippen molar-refractivity contribution in [3.05, 3.63) is 0 Å². The van der Waals surface area contributed by atoms with Gasteiger partial charge in [0, 0.05) is 38.5 Å². The number of nitrogens with one attached hydrogen (secondary N) is 2. The van der Waals surface area contributed by atoms with Crippen molar-refractivity contribution in [1.29, 1.82) is 0 Å². The van der Waals surface area contributed by atoms with Crippen molar-refractivity contribution < 1.29 is 21.6 Å². The van der Waals surface area contributed by atoms with E-state index in [9.17, 15) is 21.6 Å². The van der Waals surface area contributed by atoms with Crippen LogP contribution in [-0.2, 0) is 9.84 Å². The molecule has 23 heavy (non-hydrogen) atoms. The summed E-state index contributed by atoms with van der Waals surface area (Å²) < 4.78 is 59.4. The van der Waals surface area contributed by atoms with Gasteiger partial charge in [0.15, 0.2) is 5.96 Å². The molecule has 1 aliphatic heterocycles. The van der Waals surface area contributed by atoms with E-state index in [0.29, 0.717) is 31.9 Å². The number of nitrogens with zero attached hydrogens (tertiary/aromatic N) is 2. The fourth-order valence-corrected chi connectivity index (χ4v) is 3.19. The minimum Gasteiger partial charge on any atom is -0.354 e. The van der Waals surface area contributed by atoms with Crippen LogP contribution in [0.4, 0.5) is 13.2 Å². The highest BCUT2D eigenvalue weighted by atomic mass is 32.2. The van der Waals surface area contributed by atoms with Crippen LogP contribution in [0.15, 0.2) is 4.99 Å². The van der Waals surface area contributed by atoms with E-state index in [1.54, 1.807) is 7.05 Å². The predicted molar refractivity (Wildman–Crippen MR) is 84.3 cm³/mol. The predicted octanol–water partition coefficient (Wildman–Crippen LogP) is 0.611. The highest BCUT2D eigenvalue weighted by Gasteiger charge is 2.34. The van der Waals surface area contributed by atoms with Gasteiger partial charge >= 0.3 is 6.18 Å². The van der Waals surface area contributed by atoms with E-state index in [2.05, 4.69) is 15.6 Å². The lowest BCUT2D eigenvalue weighted by atomic mass is 10.2. The van der Waals surface area contributed by atoms with Crippen LogP contribution in [0.25, 0.3) is 0 Å². The number of hydrogen-bond acceptors (Lipinski definition) is 4. The molecule has 0 radical (unpaired) electrons. The zero-order chi connectivity index (χ0) is 17.7. The average Bonchev–Trinajstić information content (AvgIpc) is 2.79. The van der Waals surface area contributed by atoms with Crippen molar-refractivity contribution in [2.75, 3.05) is 38.7 Å². The van der Waals surface area contributed by atoms with Gasteiger partial charge < -0.3 is 10.6 Å². The Hall–Kier alpha value is -1.03. The van der Waals surface area contributed by atoms with Gasteiger partial charge in [0.25, 0.3) is 0 Å². The minimum atomic E-state index is -4.19. The van der Waals surface area contributed by atoms with Gasteiger partial charge in [0.1, 0.15) is 9.84 Å². The standard InChI is InChI=1S/C13H25F3N4O2S/c1-10(5-7-23(3,21)22)18-12(17-2)19-11-4-6-20(8-11)9-13(14,15)16/h10-11H,4-9H2,1-3H3,(H2,17,18,19). The van der Waals surface area contributed by atoms with Gasteiger partial charge in [-0.1, -0.05) is 0 Å². The molecule has 0 amide bonds. The third-order valence-electron chi connectivity index (χ3n) is 3.54. The van der Waals surface area contributed by atoms with Gasteiger partial charge in [-0.15, -0.1) is 0 Å². The molecule has 2 N–H and O–H groups in total. The molecule has 1 fully saturated rings. The Morgan fingerprint density at radius 1 is 1.43 bits per heavy atom. The molecule has 1 heterocycles. The highest BCUT2D eigenvalue weighted by molar-refractivity contribution is 7.90. The lowest BCUT2D eigenvalue weighted by Gasteiger charge is -2.22. The van der Waals surface area contributed by atoms with Crippen LogP contribution in [-0.4, -0.2) is 76.2 Å². The SMILES string of the molecule is CN=C(NC(C)CCS(C)(=O)=O)NC1CCN(CC(F)(F)F)C1. The molecule has 2 unspecified atom stereocenters. The van der Waals surface area contributed by atoms with Crippen LogP contribution in [0.2, 0.25) is 0 Å². The number of aliphatic imine (C=N–C) groups is 1. The summed E-state index contributed by atoms with van der Waals surface area (Å²) in [4.78, 5) is 5.40. The first-order valence-electron chi connectivity index (χ1n) is 7.45. The van der Waals surface area contributed by atoms with Gasteiger partial charge in [0.2, 0.25) is 0 Å². The summed E-state index contributed by atoms with van der Waals surface area (Å²) >= 11 is 0. The Bertz CT molecular complexity index is 508. The molecule has 10 heteroatoms. The van der Waals surface area contributed by atoms with Crippen LogP contribution in [0.3, 0.4) is 0 Å². The average molecular weight is 358 g/mol. The Labute approximate surface area is 135 Å². The second kappa shape index (κ2) is 8.18.